The number of hydrogen-bond acceptors (Lipinski definition) is 2. The Hall–Kier alpha value is -1.71. The third-order valence-corrected chi connectivity index (χ3v) is 4.27. The quantitative estimate of drug-likeness (QED) is 0.664. The lowest BCUT2D eigenvalue weighted by Gasteiger charge is -2.23. The molecule has 0 spiro atoms. The first-order chi connectivity index (χ1) is 9.69. The van der Waals surface area contributed by atoms with E-state index in [-0.39, 0.29) is 11.9 Å². The van der Waals surface area contributed by atoms with Crippen LogP contribution in [0.25, 0.3) is 0 Å². The van der Waals surface area contributed by atoms with E-state index in [2.05, 4.69) is 29.7 Å². The molecule has 0 amide bonds. The van der Waals surface area contributed by atoms with E-state index in [1.807, 2.05) is 12.1 Å². The average Bonchev–Trinajstić information content (AvgIpc) is 2.87. The molecule has 2 nitrogen and oxygen atoms in total. The minimum Gasteiger partial charge on any atom is -0.271 e. The first-order valence-electron chi connectivity index (χ1n) is 6.98. The van der Waals surface area contributed by atoms with E-state index in [1.165, 1.54) is 17.2 Å². The van der Waals surface area contributed by atoms with Crippen molar-refractivity contribution >= 4 is 0 Å². The highest BCUT2D eigenvalue weighted by atomic mass is 19.1. The van der Waals surface area contributed by atoms with Gasteiger partial charge >= 0.3 is 0 Å². The van der Waals surface area contributed by atoms with E-state index < -0.39 is 0 Å². The number of aryl methyl sites for hydroxylation is 1. The first-order valence-corrected chi connectivity index (χ1v) is 6.98. The van der Waals surface area contributed by atoms with Gasteiger partial charge in [0.2, 0.25) is 0 Å². The van der Waals surface area contributed by atoms with Crippen molar-refractivity contribution in [2.45, 2.75) is 25.8 Å². The van der Waals surface area contributed by atoms with Crippen molar-refractivity contribution in [3.8, 4) is 0 Å². The maximum Gasteiger partial charge on any atom is 0.126 e. The molecule has 20 heavy (non-hydrogen) atoms. The minimum atomic E-state index is -0.167. The lowest BCUT2D eigenvalue weighted by molar-refractivity contribution is 0.379. The van der Waals surface area contributed by atoms with Gasteiger partial charge in [-0.25, -0.2) is 4.39 Å². The molecule has 0 radical (unpaired) electrons. The number of halogens is 1. The molecule has 0 aliphatic heterocycles. The molecule has 1 unspecified atom stereocenters. The Morgan fingerprint density at radius 3 is 2.35 bits per heavy atom. The van der Waals surface area contributed by atoms with Crippen LogP contribution < -0.4 is 11.3 Å². The predicted octanol–water partition coefficient (Wildman–Crippen LogP) is 3.05. The standard InChI is InChI=1S/C17H19FN2/c1-11-8-14(6-7-16(11)18)17(20-19)15-9-12-4-2-3-5-13(12)10-15/h2-8,15,17,20H,9-10,19H2,1H3. The summed E-state index contributed by atoms with van der Waals surface area (Å²) in [6.45, 7) is 1.79. The van der Waals surface area contributed by atoms with Crippen LogP contribution in [0.4, 0.5) is 4.39 Å². The van der Waals surface area contributed by atoms with Crippen molar-refractivity contribution in [1.29, 1.82) is 0 Å². The van der Waals surface area contributed by atoms with Crippen LogP contribution in [0.1, 0.15) is 28.3 Å². The summed E-state index contributed by atoms with van der Waals surface area (Å²) < 4.78 is 13.4. The fourth-order valence-corrected chi connectivity index (χ4v) is 3.19. The summed E-state index contributed by atoms with van der Waals surface area (Å²) in [5.41, 5.74) is 7.44. The summed E-state index contributed by atoms with van der Waals surface area (Å²) >= 11 is 0. The Kier molecular flexibility index (Phi) is 3.55. The Labute approximate surface area is 118 Å². The van der Waals surface area contributed by atoms with E-state index in [9.17, 15) is 4.39 Å². The Bertz CT molecular complexity index is 599. The smallest absolute Gasteiger partial charge is 0.126 e. The molecule has 0 bridgehead atoms. The van der Waals surface area contributed by atoms with E-state index in [4.69, 9.17) is 5.84 Å². The van der Waals surface area contributed by atoms with E-state index in [0.29, 0.717) is 11.5 Å². The van der Waals surface area contributed by atoms with Gasteiger partial charge < -0.3 is 0 Å². The summed E-state index contributed by atoms with van der Waals surface area (Å²) in [6.07, 6.45) is 2.03. The third-order valence-electron chi connectivity index (χ3n) is 4.27. The largest absolute Gasteiger partial charge is 0.271 e. The normalized spacial score (nSPS) is 16.1. The maximum atomic E-state index is 13.4. The summed E-state index contributed by atoms with van der Waals surface area (Å²) in [6, 6.07) is 13.8. The molecule has 1 aliphatic carbocycles. The van der Waals surface area contributed by atoms with Gasteiger partial charge in [-0.15, -0.1) is 0 Å². The fraction of sp³-hybridized carbons (Fsp3) is 0.294. The van der Waals surface area contributed by atoms with Crippen LogP contribution in [-0.4, -0.2) is 0 Å². The van der Waals surface area contributed by atoms with Gasteiger partial charge in [-0.2, -0.15) is 0 Å². The van der Waals surface area contributed by atoms with Gasteiger partial charge in [0.25, 0.3) is 0 Å². The number of hydrazine groups is 1. The molecular formula is C17H19FN2. The van der Waals surface area contributed by atoms with Crippen LogP contribution in [0.2, 0.25) is 0 Å². The summed E-state index contributed by atoms with van der Waals surface area (Å²) in [7, 11) is 0. The number of fused-ring (bicyclic) bond motifs is 1. The predicted molar refractivity (Wildman–Crippen MR) is 78.5 cm³/mol. The summed E-state index contributed by atoms with van der Waals surface area (Å²) in [4.78, 5) is 0. The first kappa shape index (κ1) is 13.3. The molecule has 3 rings (SSSR count). The Balaban J connectivity index is 1.87. The van der Waals surface area contributed by atoms with E-state index in [1.54, 1.807) is 6.92 Å². The van der Waals surface area contributed by atoms with Gasteiger partial charge in [0.05, 0.1) is 0 Å². The molecule has 0 aromatic heterocycles. The van der Waals surface area contributed by atoms with Gasteiger partial charge in [-0.1, -0.05) is 36.4 Å². The van der Waals surface area contributed by atoms with Gasteiger partial charge in [0.15, 0.2) is 0 Å². The highest BCUT2D eigenvalue weighted by Gasteiger charge is 2.29. The van der Waals surface area contributed by atoms with Gasteiger partial charge in [0, 0.05) is 6.04 Å². The number of nitrogens with two attached hydrogens (primary N) is 1. The molecule has 3 N–H and O–H groups in total. The monoisotopic (exact) mass is 270 g/mol. The van der Waals surface area contributed by atoms with Crippen LogP contribution in [0.15, 0.2) is 42.5 Å². The van der Waals surface area contributed by atoms with Gasteiger partial charge in [0.1, 0.15) is 5.82 Å². The lowest BCUT2D eigenvalue weighted by atomic mass is 9.90. The molecule has 0 saturated heterocycles. The van der Waals surface area contributed by atoms with Crippen molar-refractivity contribution < 1.29 is 4.39 Å². The van der Waals surface area contributed by atoms with Crippen molar-refractivity contribution in [3.63, 3.8) is 0 Å². The summed E-state index contributed by atoms with van der Waals surface area (Å²) in [5.74, 6) is 6.02. The highest BCUT2D eigenvalue weighted by molar-refractivity contribution is 5.35. The van der Waals surface area contributed by atoms with Crippen molar-refractivity contribution in [2.75, 3.05) is 0 Å². The van der Waals surface area contributed by atoms with Crippen molar-refractivity contribution in [2.24, 2.45) is 11.8 Å². The zero-order valence-electron chi connectivity index (χ0n) is 11.6. The number of benzene rings is 2. The second kappa shape index (κ2) is 5.35. The molecular weight excluding hydrogens is 251 g/mol. The molecule has 0 heterocycles. The molecule has 3 heteroatoms. The fourth-order valence-electron chi connectivity index (χ4n) is 3.19. The van der Waals surface area contributed by atoms with Crippen LogP contribution in [0.3, 0.4) is 0 Å². The van der Waals surface area contributed by atoms with Gasteiger partial charge in [-0.3, -0.25) is 11.3 Å². The lowest BCUT2D eigenvalue weighted by Crippen LogP contribution is -2.34. The highest BCUT2D eigenvalue weighted by Crippen LogP contribution is 2.35. The second-order valence-corrected chi connectivity index (χ2v) is 5.59. The van der Waals surface area contributed by atoms with Crippen LogP contribution in [0, 0.1) is 18.7 Å². The van der Waals surface area contributed by atoms with Crippen molar-refractivity contribution in [1.82, 2.24) is 5.43 Å². The average molecular weight is 270 g/mol. The molecule has 1 aliphatic rings. The maximum absolute atomic E-state index is 13.4. The molecule has 2 aromatic rings. The molecule has 104 valence electrons. The SMILES string of the molecule is Cc1cc(C(NN)C2Cc3ccccc3C2)ccc1F. The Morgan fingerprint density at radius 2 is 1.80 bits per heavy atom. The van der Waals surface area contributed by atoms with Crippen LogP contribution >= 0.6 is 0 Å². The molecule has 0 saturated carbocycles. The minimum absolute atomic E-state index is 0.0571. The topological polar surface area (TPSA) is 38.0 Å². The Morgan fingerprint density at radius 1 is 1.15 bits per heavy atom. The zero-order valence-corrected chi connectivity index (χ0v) is 11.6. The summed E-state index contributed by atoms with van der Waals surface area (Å²) in [5, 5.41) is 0. The van der Waals surface area contributed by atoms with E-state index >= 15 is 0 Å². The molecule has 2 aromatic carbocycles. The third kappa shape index (κ3) is 2.35. The van der Waals surface area contributed by atoms with Gasteiger partial charge in [-0.05, 0) is 54.0 Å². The number of rotatable bonds is 3. The number of hydrogen-bond donors (Lipinski definition) is 2. The van der Waals surface area contributed by atoms with Crippen LogP contribution in [-0.2, 0) is 12.8 Å². The molecule has 1 atom stereocenters. The van der Waals surface area contributed by atoms with E-state index in [0.717, 1.165) is 18.4 Å². The zero-order chi connectivity index (χ0) is 14.1. The molecule has 0 fully saturated rings. The van der Waals surface area contributed by atoms with Crippen molar-refractivity contribution in [3.05, 3.63) is 70.5 Å². The van der Waals surface area contributed by atoms with Crippen LogP contribution in [0.5, 0.6) is 0 Å². The number of nitrogens with one attached hydrogen (secondary N) is 1. The second-order valence-electron chi connectivity index (χ2n) is 5.59.